The van der Waals surface area contributed by atoms with Crippen molar-refractivity contribution in [2.45, 2.75) is 31.9 Å². The van der Waals surface area contributed by atoms with Crippen molar-refractivity contribution in [3.63, 3.8) is 0 Å². The van der Waals surface area contributed by atoms with Crippen molar-refractivity contribution in [1.82, 2.24) is 10.2 Å². The van der Waals surface area contributed by atoms with Crippen molar-refractivity contribution in [3.05, 3.63) is 81.6 Å². The number of carbonyl (C=O) groups excluding carboxylic acids is 2. The molecular formula is C22H20ClF3N4O2. The van der Waals surface area contributed by atoms with E-state index in [1.54, 1.807) is 12.3 Å². The number of benzene rings is 2. The van der Waals surface area contributed by atoms with E-state index in [9.17, 15) is 22.8 Å². The standard InChI is InChI=1S/C22H20ClF3N4O2/c1-12(7-15-11-28-30-20(15)21(27)32)14-4-2-3-13(8-14)9-19(31)29-18-6-5-16(10-17(18)23)22(24,25)26/h2-6,8,10-12H,7,9H2,1H3,(H2,27,32)(H,28,30)(H,29,31). The molecule has 32 heavy (non-hydrogen) atoms. The average Bonchev–Trinajstić information content (AvgIpc) is 3.17. The van der Waals surface area contributed by atoms with Crippen LogP contribution in [0.3, 0.4) is 0 Å². The lowest BCUT2D eigenvalue weighted by Gasteiger charge is -2.14. The van der Waals surface area contributed by atoms with E-state index in [1.807, 2.05) is 25.1 Å². The molecule has 2 amide bonds. The highest BCUT2D eigenvalue weighted by molar-refractivity contribution is 6.33. The van der Waals surface area contributed by atoms with E-state index in [0.717, 1.165) is 29.3 Å². The summed E-state index contributed by atoms with van der Waals surface area (Å²) in [7, 11) is 0. The molecule has 0 aliphatic heterocycles. The number of carbonyl (C=O) groups is 2. The van der Waals surface area contributed by atoms with Gasteiger partial charge in [0.2, 0.25) is 5.91 Å². The highest BCUT2D eigenvalue weighted by Crippen LogP contribution is 2.33. The number of aromatic amines is 1. The number of hydrogen-bond acceptors (Lipinski definition) is 3. The Balaban J connectivity index is 1.67. The first-order valence-electron chi connectivity index (χ1n) is 9.62. The molecule has 0 aliphatic carbocycles. The summed E-state index contributed by atoms with van der Waals surface area (Å²) in [6, 6.07) is 10.1. The molecule has 1 aromatic heterocycles. The van der Waals surface area contributed by atoms with Crippen LogP contribution in [0.2, 0.25) is 5.02 Å². The Kier molecular flexibility index (Phi) is 6.88. The van der Waals surface area contributed by atoms with Gasteiger partial charge < -0.3 is 11.1 Å². The molecule has 2 aromatic carbocycles. The second-order valence-corrected chi connectivity index (χ2v) is 7.81. The van der Waals surface area contributed by atoms with Crippen molar-refractivity contribution < 1.29 is 22.8 Å². The summed E-state index contributed by atoms with van der Waals surface area (Å²) in [5.41, 5.74) is 7.18. The summed E-state index contributed by atoms with van der Waals surface area (Å²) in [6.07, 6.45) is -2.43. The zero-order chi connectivity index (χ0) is 23.5. The Hall–Kier alpha value is -3.33. The largest absolute Gasteiger partial charge is 0.416 e. The maximum absolute atomic E-state index is 12.8. The van der Waals surface area contributed by atoms with Crippen LogP contribution in [0.1, 0.15) is 45.6 Å². The summed E-state index contributed by atoms with van der Waals surface area (Å²) in [4.78, 5) is 23.9. The van der Waals surface area contributed by atoms with Crippen molar-refractivity contribution in [3.8, 4) is 0 Å². The number of nitrogens with zero attached hydrogens (tertiary/aromatic N) is 1. The fourth-order valence-corrected chi connectivity index (χ4v) is 3.54. The minimum absolute atomic E-state index is 0.0101. The van der Waals surface area contributed by atoms with Gasteiger partial charge in [0.1, 0.15) is 5.69 Å². The van der Waals surface area contributed by atoms with Crippen LogP contribution < -0.4 is 11.1 Å². The van der Waals surface area contributed by atoms with Gasteiger partial charge in [-0.2, -0.15) is 18.3 Å². The van der Waals surface area contributed by atoms with E-state index in [0.29, 0.717) is 12.0 Å². The molecule has 0 aliphatic rings. The van der Waals surface area contributed by atoms with E-state index < -0.39 is 23.6 Å². The SMILES string of the molecule is CC(Cc1cn[nH]c1C(N)=O)c1cccc(CC(=O)Nc2ccc(C(F)(F)F)cc2Cl)c1. The lowest BCUT2D eigenvalue weighted by molar-refractivity contribution is -0.137. The number of nitrogens with one attached hydrogen (secondary N) is 2. The van der Waals surface area contributed by atoms with E-state index in [2.05, 4.69) is 15.5 Å². The van der Waals surface area contributed by atoms with Gasteiger partial charge in [0.25, 0.3) is 5.91 Å². The van der Waals surface area contributed by atoms with Crippen LogP contribution in [0.25, 0.3) is 0 Å². The van der Waals surface area contributed by atoms with Gasteiger partial charge in [-0.05, 0) is 41.7 Å². The predicted molar refractivity (Wildman–Crippen MR) is 114 cm³/mol. The predicted octanol–water partition coefficient (Wildman–Crippen LogP) is 4.71. The zero-order valence-electron chi connectivity index (χ0n) is 17.0. The second-order valence-electron chi connectivity index (χ2n) is 7.40. The van der Waals surface area contributed by atoms with E-state index in [-0.39, 0.29) is 28.7 Å². The minimum atomic E-state index is -4.52. The molecule has 1 atom stereocenters. The van der Waals surface area contributed by atoms with Crippen LogP contribution in [-0.2, 0) is 23.8 Å². The third kappa shape index (κ3) is 5.67. The Morgan fingerprint density at radius 3 is 2.62 bits per heavy atom. The topological polar surface area (TPSA) is 101 Å². The average molecular weight is 465 g/mol. The number of amides is 2. The van der Waals surface area contributed by atoms with Crippen LogP contribution in [0.15, 0.2) is 48.7 Å². The Labute approximate surface area is 187 Å². The molecule has 0 radical (unpaired) electrons. The van der Waals surface area contributed by atoms with Gasteiger partial charge in [-0.25, -0.2) is 0 Å². The molecule has 1 heterocycles. The highest BCUT2D eigenvalue weighted by Gasteiger charge is 2.31. The van der Waals surface area contributed by atoms with Gasteiger partial charge in [0.05, 0.1) is 28.9 Å². The van der Waals surface area contributed by atoms with Crippen molar-refractivity contribution in [2.75, 3.05) is 5.32 Å². The molecule has 3 aromatic rings. The smallest absolute Gasteiger partial charge is 0.364 e. The lowest BCUT2D eigenvalue weighted by Crippen LogP contribution is -2.16. The Morgan fingerprint density at radius 1 is 1.22 bits per heavy atom. The summed E-state index contributed by atoms with van der Waals surface area (Å²) in [5.74, 6) is -0.988. The maximum Gasteiger partial charge on any atom is 0.416 e. The zero-order valence-corrected chi connectivity index (χ0v) is 17.7. The minimum Gasteiger partial charge on any atom is -0.364 e. The molecule has 4 N–H and O–H groups in total. The normalized spacial score (nSPS) is 12.4. The van der Waals surface area contributed by atoms with E-state index in [4.69, 9.17) is 17.3 Å². The quantitative estimate of drug-likeness (QED) is 0.472. The molecular weight excluding hydrogens is 445 g/mol. The monoisotopic (exact) mass is 464 g/mol. The number of nitrogens with two attached hydrogens (primary N) is 1. The lowest BCUT2D eigenvalue weighted by atomic mass is 9.92. The second kappa shape index (κ2) is 9.44. The summed E-state index contributed by atoms with van der Waals surface area (Å²) < 4.78 is 38.3. The van der Waals surface area contributed by atoms with Gasteiger partial charge >= 0.3 is 6.18 Å². The number of H-pyrrole nitrogens is 1. The van der Waals surface area contributed by atoms with Crippen molar-refractivity contribution >= 4 is 29.1 Å². The van der Waals surface area contributed by atoms with E-state index in [1.165, 1.54) is 0 Å². The van der Waals surface area contributed by atoms with Crippen LogP contribution in [0.5, 0.6) is 0 Å². The Bertz CT molecular complexity index is 1140. The van der Waals surface area contributed by atoms with Crippen molar-refractivity contribution in [2.24, 2.45) is 5.73 Å². The fraction of sp³-hybridized carbons (Fsp3) is 0.227. The Morgan fingerprint density at radius 2 is 1.97 bits per heavy atom. The number of primary amides is 1. The number of halogens is 4. The highest BCUT2D eigenvalue weighted by atomic mass is 35.5. The van der Waals surface area contributed by atoms with Crippen LogP contribution >= 0.6 is 11.6 Å². The first-order chi connectivity index (χ1) is 15.0. The van der Waals surface area contributed by atoms with Gasteiger partial charge in [0, 0.05) is 5.56 Å². The molecule has 168 valence electrons. The van der Waals surface area contributed by atoms with Crippen LogP contribution in [0, 0.1) is 0 Å². The number of rotatable bonds is 7. The fourth-order valence-electron chi connectivity index (χ4n) is 3.31. The first kappa shape index (κ1) is 23.3. The number of anilines is 1. The maximum atomic E-state index is 12.8. The third-order valence-corrected chi connectivity index (χ3v) is 5.26. The molecule has 3 rings (SSSR count). The van der Waals surface area contributed by atoms with Gasteiger partial charge in [-0.3, -0.25) is 14.7 Å². The summed E-state index contributed by atoms with van der Waals surface area (Å²) >= 11 is 5.90. The number of alkyl halides is 3. The first-order valence-corrected chi connectivity index (χ1v) is 10.00. The third-order valence-electron chi connectivity index (χ3n) is 4.95. The van der Waals surface area contributed by atoms with Gasteiger partial charge in [-0.1, -0.05) is 42.8 Å². The number of hydrogen-bond donors (Lipinski definition) is 3. The molecule has 0 fully saturated rings. The van der Waals surface area contributed by atoms with Crippen LogP contribution in [-0.4, -0.2) is 22.0 Å². The number of aromatic nitrogens is 2. The van der Waals surface area contributed by atoms with E-state index >= 15 is 0 Å². The molecule has 0 bridgehead atoms. The van der Waals surface area contributed by atoms with Crippen molar-refractivity contribution in [1.29, 1.82) is 0 Å². The van der Waals surface area contributed by atoms with Crippen LogP contribution in [0.4, 0.5) is 18.9 Å². The van der Waals surface area contributed by atoms with Gasteiger partial charge in [0.15, 0.2) is 0 Å². The summed E-state index contributed by atoms with van der Waals surface area (Å²) in [6.45, 7) is 1.97. The molecule has 1 unspecified atom stereocenters. The molecule has 0 saturated carbocycles. The molecule has 0 saturated heterocycles. The summed E-state index contributed by atoms with van der Waals surface area (Å²) in [5, 5.41) is 8.80. The van der Waals surface area contributed by atoms with Gasteiger partial charge in [-0.15, -0.1) is 0 Å². The molecule has 6 nitrogen and oxygen atoms in total. The molecule has 10 heteroatoms. The molecule has 0 spiro atoms.